The summed E-state index contributed by atoms with van der Waals surface area (Å²) < 4.78 is 0. The second-order valence-electron chi connectivity index (χ2n) is 12.1. The zero-order valence-corrected chi connectivity index (χ0v) is 23.4. The molecule has 0 bridgehead atoms. The number of fused-ring (bicyclic) bond motifs is 4. The number of hydrogen-bond donors (Lipinski definition) is 0. The van der Waals surface area contributed by atoms with Gasteiger partial charge in [-0.15, -0.1) is 0 Å². The maximum Gasteiger partial charge on any atom is 0.0731 e. The lowest BCUT2D eigenvalue weighted by molar-refractivity contribution is 0.607. The van der Waals surface area contributed by atoms with Crippen molar-refractivity contribution in [3.05, 3.63) is 154 Å². The summed E-state index contributed by atoms with van der Waals surface area (Å²) in [5.74, 6) is 0.241. The van der Waals surface area contributed by atoms with Crippen molar-refractivity contribution in [2.24, 2.45) is 0 Å². The van der Waals surface area contributed by atoms with E-state index >= 15 is 0 Å². The Balaban J connectivity index is 1.27. The zero-order chi connectivity index (χ0) is 26.7. The molecular formula is C40H36. The first kappa shape index (κ1) is 23.9. The molecule has 0 aliphatic heterocycles. The van der Waals surface area contributed by atoms with Crippen LogP contribution in [0.4, 0.5) is 0 Å². The first-order valence-corrected chi connectivity index (χ1v) is 15.4. The molecule has 3 aliphatic carbocycles. The lowest BCUT2D eigenvalue weighted by Gasteiger charge is -2.40. The van der Waals surface area contributed by atoms with E-state index in [0.717, 1.165) is 0 Å². The lowest BCUT2D eigenvalue weighted by atomic mass is 9.60. The van der Waals surface area contributed by atoms with Crippen LogP contribution in [0.25, 0.3) is 22.3 Å². The second-order valence-corrected chi connectivity index (χ2v) is 12.1. The second kappa shape index (κ2) is 9.34. The average molecular weight is 517 g/mol. The standard InChI is InChI=1S/C40H36/c1-2-3-4-5-6-7-14-27-23-25-28(26-24-27)37-33-19-12-17-31-29-15-8-10-21-35(29)40(38(31)33)36-22-11-9-16-30(36)32-18-13-20-34(37)39(32)40/h8-13,15-26,37H,2-7,14H2,1H3. The largest absolute Gasteiger partial charge is 0.0731 e. The van der Waals surface area contributed by atoms with Crippen LogP contribution < -0.4 is 0 Å². The molecule has 0 nitrogen and oxygen atoms in total. The molecular weight excluding hydrogens is 480 g/mol. The summed E-state index contributed by atoms with van der Waals surface area (Å²) in [7, 11) is 0. The van der Waals surface area contributed by atoms with Crippen LogP contribution in [0.5, 0.6) is 0 Å². The minimum absolute atomic E-state index is 0.223. The maximum absolute atomic E-state index is 2.42. The number of hydrogen-bond acceptors (Lipinski definition) is 0. The minimum atomic E-state index is -0.223. The van der Waals surface area contributed by atoms with Crippen molar-refractivity contribution in [2.45, 2.75) is 63.2 Å². The molecule has 0 fully saturated rings. The Bertz CT molecular complexity index is 1630. The van der Waals surface area contributed by atoms with Gasteiger partial charge in [-0.1, -0.05) is 148 Å². The van der Waals surface area contributed by atoms with E-state index < -0.39 is 0 Å². The van der Waals surface area contributed by atoms with Gasteiger partial charge in [0.25, 0.3) is 0 Å². The van der Waals surface area contributed by atoms with E-state index in [1.165, 1.54) is 112 Å². The third-order valence-electron chi connectivity index (χ3n) is 9.94. The quantitative estimate of drug-likeness (QED) is 0.176. The fourth-order valence-electron chi connectivity index (χ4n) is 8.32. The number of benzene rings is 5. The molecule has 1 spiro atoms. The average Bonchev–Trinajstić information content (AvgIpc) is 3.48. The molecule has 0 N–H and O–H groups in total. The Hall–Kier alpha value is -3.90. The normalized spacial score (nSPS) is 14.9. The van der Waals surface area contributed by atoms with E-state index in [0.29, 0.717) is 0 Å². The first-order chi connectivity index (χ1) is 19.8. The van der Waals surface area contributed by atoms with E-state index in [1.807, 2.05) is 0 Å². The molecule has 0 heteroatoms. The maximum atomic E-state index is 2.42. The van der Waals surface area contributed by atoms with E-state index in [2.05, 4.69) is 116 Å². The predicted octanol–water partition coefficient (Wildman–Crippen LogP) is 10.4. The third kappa shape index (κ3) is 3.20. The highest BCUT2D eigenvalue weighted by Crippen LogP contribution is 2.68. The van der Waals surface area contributed by atoms with Crippen molar-refractivity contribution in [1.29, 1.82) is 0 Å². The van der Waals surface area contributed by atoms with Gasteiger partial charge in [-0.3, -0.25) is 0 Å². The van der Waals surface area contributed by atoms with E-state index in [4.69, 9.17) is 0 Å². The molecule has 8 rings (SSSR count). The topological polar surface area (TPSA) is 0 Å². The Morgan fingerprint density at radius 3 is 1.62 bits per heavy atom. The van der Waals surface area contributed by atoms with Gasteiger partial charge in [-0.2, -0.15) is 0 Å². The van der Waals surface area contributed by atoms with Crippen LogP contribution >= 0.6 is 0 Å². The van der Waals surface area contributed by atoms with Crippen molar-refractivity contribution >= 4 is 0 Å². The van der Waals surface area contributed by atoms with Crippen LogP contribution in [-0.4, -0.2) is 0 Å². The van der Waals surface area contributed by atoms with Gasteiger partial charge in [-0.05, 0) is 79.6 Å². The van der Waals surface area contributed by atoms with Gasteiger partial charge >= 0.3 is 0 Å². The summed E-state index contributed by atoms with van der Waals surface area (Å²) in [4.78, 5) is 0. The van der Waals surface area contributed by atoms with E-state index in [-0.39, 0.29) is 11.3 Å². The monoisotopic (exact) mass is 516 g/mol. The third-order valence-corrected chi connectivity index (χ3v) is 9.94. The Labute approximate surface area is 238 Å². The molecule has 3 aliphatic rings. The van der Waals surface area contributed by atoms with Crippen LogP contribution in [0.2, 0.25) is 0 Å². The van der Waals surface area contributed by atoms with E-state index in [9.17, 15) is 0 Å². The highest BCUT2D eigenvalue weighted by atomic mass is 14.6. The van der Waals surface area contributed by atoms with Gasteiger partial charge in [0.1, 0.15) is 0 Å². The molecule has 0 saturated carbocycles. The number of rotatable bonds is 8. The van der Waals surface area contributed by atoms with Crippen molar-refractivity contribution in [2.75, 3.05) is 0 Å². The van der Waals surface area contributed by atoms with Crippen LogP contribution in [0.1, 0.15) is 95.9 Å². The predicted molar refractivity (Wildman–Crippen MR) is 167 cm³/mol. The minimum Gasteiger partial charge on any atom is -0.0654 e. The SMILES string of the molecule is CCCCCCCCc1ccc(C2c3cccc4c3C3(c5ccccc5-4)c4ccccc4-c4cccc2c43)cc1. The molecule has 0 atom stereocenters. The Morgan fingerprint density at radius 1 is 0.500 bits per heavy atom. The van der Waals surface area contributed by atoms with Crippen molar-refractivity contribution in [3.8, 4) is 22.3 Å². The van der Waals surface area contributed by atoms with Crippen LogP contribution in [0.15, 0.2) is 109 Å². The highest BCUT2D eigenvalue weighted by molar-refractivity contribution is 5.98. The summed E-state index contributed by atoms with van der Waals surface area (Å²) >= 11 is 0. The van der Waals surface area contributed by atoms with Gasteiger partial charge in [0, 0.05) is 5.92 Å². The van der Waals surface area contributed by atoms with Gasteiger partial charge in [0.15, 0.2) is 0 Å². The zero-order valence-electron chi connectivity index (χ0n) is 23.4. The van der Waals surface area contributed by atoms with Gasteiger partial charge in [0.2, 0.25) is 0 Å². The van der Waals surface area contributed by atoms with Crippen molar-refractivity contribution in [1.82, 2.24) is 0 Å². The Kier molecular flexibility index (Phi) is 5.59. The lowest BCUT2D eigenvalue weighted by Crippen LogP contribution is -2.33. The van der Waals surface area contributed by atoms with Crippen molar-refractivity contribution in [3.63, 3.8) is 0 Å². The summed E-state index contributed by atoms with van der Waals surface area (Å²) in [6, 6.07) is 42.1. The van der Waals surface area contributed by atoms with Crippen LogP contribution in [0, 0.1) is 0 Å². The Morgan fingerprint density at radius 2 is 1.02 bits per heavy atom. The van der Waals surface area contributed by atoms with Gasteiger partial charge < -0.3 is 0 Å². The highest BCUT2D eigenvalue weighted by Gasteiger charge is 2.56. The smallest absolute Gasteiger partial charge is 0.0654 e. The molecule has 0 saturated heterocycles. The van der Waals surface area contributed by atoms with Crippen LogP contribution in [0.3, 0.4) is 0 Å². The molecule has 5 aromatic rings. The molecule has 0 unspecified atom stereocenters. The summed E-state index contributed by atoms with van der Waals surface area (Å²) in [6.07, 6.45) is 9.28. The van der Waals surface area contributed by atoms with Gasteiger partial charge in [0.05, 0.1) is 5.41 Å². The summed E-state index contributed by atoms with van der Waals surface area (Å²) in [6.45, 7) is 2.29. The molecule has 0 heterocycles. The van der Waals surface area contributed by atoms with E-state index in [1.54, 1.807) is 0 Å². The molecule has 0 aromatic heterocycles. The summed E-state index contributed by atoms with van der Waals surface area (Å²) in [5, 5.41) is 0. The molecule has 40 heavy (non-hydrogen) atoms. The van der Waals surface area contributed by atoms with Crippen LogP contribution in [-0.2, 0) is 11.8 Å². The molecule has 0 amide bonds. The first-order valence-electron chi connectivity index (χ1n) is 15.4. The fourth-order valence-corrected chi connectivity index (χ4v) is 8.32. The van der Waals surface area contributed by atoms with Gasteiger partial charge in [-0.25, -0.2) is 0 Å². The number of aryl methyl sites for hydroxylation is 1. The molecule has 196 valence electrons. The fraction of sp³-hybridized carbons (Fsp3) is 0.250. The molecule has 0 radical (unpaired) electrons. The molecule has 5 aromatic carbocycles. The summed E-state index contributed by atoms with van der Waals surface area (Å²) in [5.41, 5.74) is 17.1. The number of unbranched alkanes of at least 4 members (excludes halogenated alkanes) is 5. The van der Waals surface area contributed by atoms with Crippen molar-refractivity contribution < 1.29 is 0 Å².